The SMILES string of the molecule is O=C(c1ccccc1I)N1CCC(Cl)CC1. The molecule has 1 aliphatic heterocycles. The van der Waals surface area contributed by atoms with Crippen LogP contribution in [0.15, 0.2) is 24.3 Å². The number of piperidine rings is 1. The zero-order valence-corrected chi connectivity index (χ0v) is 11.7. The van der Waals surface area contributed by atoms with E-state index in [1.54, 1.807) is 0 Å². The van der Waals surface area contributed by atoms with Crippen LogP contribution < -0.4 is 0 Å². The first kappa shape index (κ1) is 12.2. The molecule has 4 heteroatoms. The molecule has 0 saturated carbocycles. The molecule has 0 spiro atoms. The van der Waals surface area contributed by atoms with E-state index in [-0.39, 0.29) is 11.3 Å². The predicted molar refractivity (Wildman–Crippen MR) is 73.9 cm³/mol. The molecular formula is C12H13ClINO. The van der Waals surface area contributed by atoms with Gasteiger partial charge in [0.2, 0.25) is 0 Å². The number of carbonyl (C=O) groups is 1. The van der Waals surface area contributed by atoms with Crippen molar-refractivity contribution < 1.29 is 4.79 Å². The summed E-state index contributed by atoms with van der Waals surface area (Å²) >= 11 is 8.23. The largest absolute Gasteiger partial charge is 0.339 e. The van der Waals surface area contributed by atoms with Crippen LogP contribution in [0.2, 0.25) is 0 Å². The van der Waals surface area contributed by atoms with Gasteiger partial charge in [-0.05, 0) is 47.6 Å². The number of carbonyl (C=O) groups excluding carboxylic acids is 1. The van der Waals surface area contributed by atoms with Gasteiger partial charge < -0.3 is 4.90 Å². The molecule has 0 aromatic heterocycles. The molecule has 0 aliphatic carbocycles. The van der Waals surface area contributed by atoms with Gasteiger partial charge >= 0.3 is 0 Å². The van der Waals surface area contributed by atoms with E-state index in [0.29, 0.717) is 0 Å². The van der Waals surface area contributed by atoms with E-state index in [0.717, 1.165) is 35.1 Å². The van der Waals surface area contributed by atoms with Crippen LogP contribution in [0.5, 0.6) is 0 Å². The fourth-order valence-corrected chi connectivity index (χ4v) is 2.67. The number of rotatable bonds is 1. The van der Waals surface area contributed by atoms with Crippen LogP contribution in [-0.4, -0.2) is 29.3 Å². The molecule has 86 valence electrons. The zero-order valence-electron chi connectivity index (χ0n) is 8.83. The Morgan fingerprint density at radius 2 is 1.94 bits per heavy atom. The van der Waals surface area contributed by atoms with Crippen molar-refractivity contribution in [3.05, 3.63) is 33.4 Å². The third-order valence-electron chi connectivity index (χ3n) is 2.82. The van der Waals surface area contributed by atoms with Gasteiger partial charge in [0.05, 0.1) is 5.56 Å². The Hall–Kier alpha value is -0.290. The lowest BCUT2D eigenvalue weighted by atomic mass is 10.1. The minimum absolute atomic E-state index is 0.133. The average Bonchev–Trinajstić information content (AvgIpc) is 2.30. The van der Waals surface area contributed by atoms with Crippen LogP contribution in [0.1, 0.15) is 23.2 Å². The second-order valence-electron chi connectivity index (χ2n) is 3.95. The van der Waals surface area contributed by atoms with Crippen molar-refractivity contribution in [2.24, 2.45) is 0 Å². The number of alkyl halides is 1. The van der Waals surface area contributed by atoms with Crippen molar-refractivity contribution in [1.29, 1.82) is 0 Å². The minimum Gasteiger partial charge on any atom is -0.339 e. The lowest BCUT2D eigenvalue weighted by molar-refractivity contribution is 0.0725. The van der Waals surface area contributed by atoms with Crippen LogP contribution in [0, 0.1) is 3.57 Å². The summed E-state index contributed by atoms with van der Waals surface area (Å²) in [6.45, 7) is 1.55. The topological polar surface area (TPSA) is 20.3 Å². The lowest BCUT2D eigenvalue weighted by Crippen LogP contribution is -2.39. The Labute approximate surface area is 114 Å². The lowest BCUT2D eigenvalue weighted by Gasteiger charge is -2.29. The van der Waals surface area contributed by atoms with Crippen LogP contribution in [0.4, 0.5) is 0 Å². The number of amides is 1. The Balaban J connectivity index is 2.11. The van der Waals surface area contributed by atoms with Crippen LogP contribution in [-0.2, 0) is 0 Å². The van der Waals surface area contributed by atoms with Gasteiger partial charge in [-0.25, -0.2) is 0 Å². The summed E-state index contributed by atoms with van der Waals surface area (Å²) < 4.78 is 1.01. The fraction of sp³-hybridized carbons (Fsp3) is 0.417. The third-order valence-corrected chi connectivity index (χ3v) is 4.19. The Morgan fingerprint density at radius 3 is 2.56 bits per heavy atom. The van der Waals surface area contributed by atoms with Gasteiger partial charge in [-0.1, -0.05) is 12.1 Å². The van der Waals surface area contributed by atoms with E-state index in [2.05, 4.69) is 22.6 Å². The number of hydrogen-bond donors (Lipinski definition) is 0. The normalized spacial score (nSPS) is 17.5. The highest BCUT2D eigenvalue weighted by atomic mass is 127. The van der Waals surface area contributed by atoms with Crippen molar-refractivity contribution in [1.82, 2.24) is 4.90 Å². The predicted octanol–water partition coefficient (Wildman–Crippen LogP) is 3.13. The molecule has 2 nitrogen and oxygen atoms in total. The van der Waals surface area contributed by atoms with Crippen LogP contribution >= 0.6 is 34.2 Å². The summed E-state index contributed by atoms with van der Waals surface area (Å²) in [5, 5.41) is 0.235. The van der Waals surface area contributed by atoms with Gasteiger partial charge in [-0.2, -0.15) is 0 Å². The molecule has 0 bridgehead atoms. The molecule has 1 amide bonds. The van der Waals surface area contributed by atoms with Gasteiger partial charge in [-0.3, -0.25) is 4.79 Å². The zero-order chi connectivity index (χ0) is 11.5. The van der Waals surface area contributed by atoms with E-state index in [9.17, 15) is 4.79 Å². The monoisotopic (exact) mass is 349 g/mol. The fourth-order valence-electron chi connectivity index (χ4n) is 1.86. The molecule has 0 radical (unpaired) electrons. The first-order valence-electron chi connectivity index (χ1n) is 5.36. The van der Waals surface area contributed by atoms with Gasteiger partial charge in [0.1, 0.15) is 0 Å². The van der Waals surface area contributed by atoms with Crippen LogP contribution in [0.25, 0.3) is 0 Å². The molecule has 1 aliphatic rings. The quantitative estimate of drug-likeness (QED) is 0.563. The molecule has 1 fully saturated rings. The first-order valence-corrected chi connectivity index (χ1v) is 6.88. The van der Waals surface area contributed by atoms with Crippen molar-refractivity contribution >= 4 is 40.1 Å². The van der Waals surface area contributed by atoms with Crippen molar-refractivity contribution in [2.75, 3.05) is 13.1 Å². The molecular weight excluding hydrogens is 336 g/mol. The molecule has 0 N–H and O–H groups in total. The Morgan fingerprint density at radius 1 is 1.31 bits per heavy atom. The average molecular weight is 350 g/mol. The summed E-state index contributed by atoms with van der Waals surface area (Å²) in [4.78, 5) is 14.1. The molecule has 1 heterocycles. The van der Waals surface area contributed by atoms with Crippen molar-refractivity contribution in [2.45, 2.75) is 18.2 Å². The highest BCUT2D eigenvalue weighted by Crippen LogP contribution is 2.19. The molecule has 1 saturated heterocycles. The number of hydrogen-bond acceptors (Lipinski definition) is 1. The van der Waals surface area contributed by atoms with Gasteiger partial charge in [0.15, 0.2) is 0 Å². The van der Waals surface area contributed by atoms with Crippen molar-refractivity contribution in [3.63, 3.8) is 0 Å². The number of halogens is 2. The van der Waals surface area contributed by atoms with Gasteiger partial charge in [-0.15, -0.1) is 11.6 Å². The van der Waals surface area contributed by atoms with E-state index in [4.69, 9.17) is 11.6 Å². The smallest absolute Gasteiger partial charge is 0.254 e. The first-order chi connectivity index (χ1) is 7.68. The van der Waals surface area contributed by atoms with Crippen LogP contribution in [0.3, 0.4) is 0 Å². The van der Waals surface area contributed by atoms with E-state index in [1.807, 2.05) is 29.2 Å². The number of likely N-dealkylation sites (tertiary alicyclic amines) is 1. The molecule has 0 atom stereocenters. The highest BCUT2D eigenvalue weighted by molar-refractivity contribution is 14.1. The number of nitrogens with zero attached hydrogens (tertiary/aromatic N) is 1. The molecule has 1 aromatic rings. The summed E-state index contributed by atoms with van der Waals surface area (Å²) in [6, 6.07) is 7.70. The Kier molecular flexibility index (Phi) is 4.08. The maximum Gasteiger partial charge on any atom is 0.254 e. The molecule has 0 unspecified atom stereocenters. The molecule has 16 heavy (non-hydrogen) atoms. The molecule has 1 aromatic carbocycles. The summed E-state index contributed by atoms with van der Waals surface area (Å²) in [5.74, 6) is 0.133. The number of benzene rings is 1. The van der Waals surface area contributed by atoms with Gasteiger partial charge in [0.25, 0.3) is 5.91 Å². The van der Waals surface area contributed by atoms with E-state index >= 15 is 0 Å². The minimum atomic E-state index is 0.133. The summed E-state index contributed by atoms with van der Waals surface area (Å²) in [6.07, 6.45) is 1.80. The second kappa shape index (κ2) is 5.36. The van der Waals surface area contributed by atoms with Crippen molar-refractivity contribution in [3.8, 4) is 0 Å². The third kappa shape index (κ3) is 2.69. The molecule has 2 rings (SSSR count). The van der Waals surface area contributed by atoms with E-state index in [1.165, 1.54) is 0 Å². The Bertz CT molecular complexity index is 388. The van der Waals surface area contributed by atoms with E-state index < -0.39 is 0 Å². The maximum atomic E-state index is 12.2. The highest BCUT2D eigenvalue weighted by Gasteiger charge is 2.23. The maximum absolute atomic E-state index is 12.2. The second-order valence-corrected chi connectivity index (χ2v) is 5.73. The summed E-state index contributed by atoms with van der Waals surface area (Å²) in [7, 11) is 0. The summed E-state index contributed by atoms with van der Waals surface area (Å²) in [5.41, 5.74) is 0.802. The van der Waals surface area contributed by atoms with Gasteiger partial charge in [0, 0.05) is 22.0 Å². The standard InChI is InChI=1S/C12H13ClINO/c13-9-5-7-15(8-6-9)12(16)10-3-1-2-4-11(10)14/h1-4,9H,5-8H2.